The predicted molar refractivity (Wildman–Crippen MR) is 113 cm³/mol. The topological polar surface area (TPSA) is 20.3 Å². The molecule has 1 aromatic carbocycles. The van der Waals surface area contributed by atoms with Crippen LogP contribution in [0.25, 0.3) is 6.08 Å². The summed E-state index contributed by atoms with van der Waals surface area (Å²) in [5.41, 5.74) is 2.34. The Morgan fingerprint density at radius 2 is 1.85 bits per heavy atom. The zero-order valence-electron chi connectivity index (χ0n) is 16.3. The van der Waals surface area contributed by atoms with E-state index in [9.17, 15) is 4.79 Å². The number of thioether (sulfide) groups is 1. The average Bonchev–Trinajstić information content (AvgIpc) is 3.15. The van der Waals surface area contributed by atoms with Crippen LogP contribution in [0.1, 0.15) is 63.0 Å². The standard InChI is InChI=1S/C23H33NOS/c1-3-24(23(25)16-13-19-11-9-18(2)10-12-19)17-21-14-15-22(26-21)20-7-5-4-6-8-20/h9-13,16,20-22H,3-8,14-15,17H2,1-2H3/b16-13+. The molecule has 0 aromatic heterocycles. The van der Waals surface area contributed by atoms with E-state index < -0.39 is 0 Å². The number of nitrogens with zero attached hydrogens (tertiary/aromatic N) is 1. The molecule has 1 aliphatic heterocycles. The van der Waals surface area contributed by atoms with Crippen LogP contribution in [-0.2, 0) is 4.79 Å². The van der Waals surface area contributed by atoms with Crippen LogP contribution in [0.2, 0.25) is 0 Å². The molecule has 2 fully saturated rings. The lowest BCUT2D eigenvalue weighted by Gasteiger charge is -2.28. The van der Waals surface area contributed by atoms with Gasteiger partial charge in [0.1, 0.15) is 0 Å². The highest BCUT2D eigenvalue weighted by Gasteiger charge is 2.33. The lowest BCUT2D eigenvalue weighted by Crippen LogP contribution is -2.34. The molecule has 1 saturated carbocycles. The van der Waals surface area contributed by atoms with Gasteiger partial charge < -0.3 is 4.90 Å². The number of amides is 1. The molecular weight excluding hydrogens is 338 g/mol. The summed E-state index contributed by atoms with van der Waals surface area (Å²) in [7, 11) is 0. The summed E-state index contributed by atoms with van der Waals surface area (Å²) in [4.78, 5) is 14.6. The molecule has 1 aliphatic carbocycles. The van der Waals surface area contributed by atoms with Gasteiger partial charge in [0.05, 0.1) is 0 Å². The lowest BCUT2D eigenvalue weighted by molar-refractivity contribution is -0.125. The quantitative estimate of drug-likeness (QED) is 0.598. The zero-order valence-corrected chi connectivity index (χ0v) is 17.1. The maximum atomic E-state index is 12.6. The molecule has 1 heterocycles. The maximum Gasteiger partial charge on any atom is 0.246 e. The van der Waals surface area contributed by atoms with Gasteiger partial charge in [-0.2, -0.15) is 11.8 Å². The van der Waals surface area contributed by atoms with E-state index in [2.05, 4.69) is 49.9 Å². The Labute approximate surface area is 163 Å². The predicted octanol–water partition coefficient (Wildman–Crippen LogP) is 5.70. The summed E-state index contributed by atoms with van der Waals surface area (Å²) in [6.45, 7) is 5.87. The molecule has 2 nitrogen and oxygen atoms in total. The first-order valence-corrected chi connectivity index (χ1v) is 11.3. The Kier molecular flexibility index (Phi) is 7.24. The summed E-state index contributed by atoms with van der Waals surface area (Å²) in [5, 5.41) is 1.47. The normalized spacial score (nSPS) is 24.2. The van der Waals surface area contributed by atoms with E-state index in [0.717, 1.165) is 29.8 Å². The van der Waals surface area contributed by atoms with Gasteiger partial charge >= 0.3 is 0 Å². The van der Waals surface area contributed by atoms with E-state index in [0.29, 0.717) is 5.25 Å². The van der Waals surface area contributed by atoms with Crippen LogP contribution >= 0.6 is 11.8 Å². The molecule has 0 bridgehead atoms. The molecule has 2 atom stereocenters. The second kappa shape index (κ2) is 9.64. The van der Waals surface area contributed by atoms with Crippen molar-refractivity contribution < 1.29 is 4.79 Å². The van der Waals surface area contributed by atoms with Gasteiger partial charge in [0.15, 0.2) is 0 Å². The molecule has 142 valence electrons. The van der Waals surface area contributed by atoms with Crippen LogP contribution < -0.4 is 0 Å². The van der Waals surface area contributed by atoms with Gasteiger partial charge in [-0.05, 0) is 57.1 Å². The third-order valence-electron chi connectivity index (χ3n) is 5.93. The number of aryl methyl sites for hydroxylation is 1. The molecule has 1 aromatic rings. The number of hydrogen-bond donors (Lipinski definition) is 0. The van der Waals surface area contributed by atoms with Gasteiger partial charge in [-0.1, -0.05) is 49.1 Å². The van der Waals surface area contributed by atoms with Crippen molar-refractivity contribution in [2.45, 2.75) is 69.3 Å². The number of carbonyl (C=O) groups excluding carboxylic acids is 1. The monoisotopic (exact) mass is 371 g/mol. The van der Waals surface area contributed by atoms with Crippen LogP contribution in [0.5, 0.6) is 0 Å². The minimum Gasteiger partial charge on any atom is -0.338 e. The van der Waals surface area contributed by atoms with E-state index in [1.165, 1.54) is 50.5 Å². The van der Waals surface area contributed by atoms with Crippen molar-refractivity contribution in [2.75, 3.05) is 13.1 Å². The van der Waals surface area contributed by atoms with Gasteiger partial charge in [0.25, 0.3) is 0 Å². The summed E-state index contributed by atoms with van der Waals surface area (Å²) >= 11 is 2.18. The van der Waals surface area contributed by atoms with Gasteiger partial charge in [-0.15, -0.1) is 0 Å². The lowest BCUT2D eigenvalue weighted by atomic mass is 9.85. The summed E-state index contributed by atoms with van der Waals surface area (Å²) in [5.74, 6) is 1.08. The third-order valence-corrected chi connectivity index (χ3v) is 7.67. The van der Waals surface area contributed by atoms with Gasteiger partial charge in [-0.3, -0.25) is 4.79 Å². The van der Waals surface area contributed by atoms with Gasteiger partial charge in [0, 0.05) is 29.7 Å². The molecule has 1 amide bonds. The molecule has 0 spiro atoms. The highest BCUT2D eigenvalue weighted by molar-refractivity contribution is 8.00. The molecule has 3 rings (SSSR count). The van der Waals surface area contributed by atoms with Crippen molar-refractivity contribution in [1.29, 1.82) is 0 Å². The highest BCUT2D eigenvalue weighted by atomic mass is 32.2. The molecule has 0 radical (unpaired) electrons. The summed E-state index contributed by atoms with van der Waals surface area (Å²) < 4.78 is 0. The van der Waals surface area contributed by atoms with Crippen LogP contribution in [0.4, 0.5) is 0 Å². The van der Waals surface area contributed by atoms with Crippen molar-refractivity contribution in [2.24, 2.45) is 5.92 Å². The number of carbonyl (C=O) groups is 1. The van der Waals surface area contributed by atoms with Gasteiger partial charge in [0.2, 0.25) is 5.91 Å². The molecule has 26 heavy (non-hydrogen) atoms. The smallest absolute Gasteiger partial charge is 0.246 e. The van der Waals surface area contributed by atoms with E-state index in [-0.39, 0.29) is 5.91 Å². The van der Waals surface area contributed by atoms with E-state index in [1.54, 1.807) is 6.08 Å². The maximum absolute atomic E-state index is 12.6. The number of hydrogen-bond acceptors (Lipinski definition) is 2. The number of rotatable bonds is 6. The van der Waals surface area contributed by atoms with Crippen molar-refractivity contribution in [1.82, 2.24) is 4.90 Å². The fraction of sp³-hybridized carbons (Fsp3) is 0.609. The van der Waals surface area contributed by atoms with Gasteiger partial charge in [-0.25, -0.2) is 0 Å². The first-order chi connectivity index (χ1) is 12.7. The second-order valence-corrected chi connectivity index (χ2v) is 9.44. The Hall–Kier alpha value is -1.22. The Balaban J connectivity index is 1.50. The van der Waals surface area contributed by atoms with Crippen molar-refractivity contribution in [3.8, 4) is 0 Å². The summed E-state index contributed by atoms with van der Waals surface area (Å²) in [6, 6.07) is 8.30. The molecule has 2 unspecified atom stereocenters. The molecule has 0 N–H and O–H groups in total. The first-order valence-electron chi connectivity index (χ1n) is 10.3. The fourth-order valence-corrected chi connectivity index (χ4v) is 6.09. The minimum atomic E-state index is 0.148. The van der Waals surface area contributed by atoms with E-state index >= 15 is 0 Å². The fourth-order valence-electron chi connectivity index (χ4n) is 4.29. The number of likely N-dealkylation sites (N-methyl/N-ethyl adjacent to an activating group) is 1. The molecule has 2 aliphatic rings. The molecule has 1 saturated heterocycles. The Morgan fingerprint density at radius 1 is 1.12 bits per heavy atom. The molecule has 3 heteroatoms. The van der Waals surface area contributed by atoms with Crippen molar-refractivity contribution >= 4 is 23.7 Å². The summed E-state index contributed by atoms with van der Waals surface area (Å²) in [6.07, 6.45) is 13.5. The van der Waals surface area contributed by atoms with Crippen LogP contribution in [0, 0.1) is 12.8 Å². The van der Waals surface area contributed by atoms with Crippen LogP contribution in [0.3, 0.4) is 0 Å². The SMILES string of the molecule is CCN(CC1CCC(C2CCCCC2)S1)C(=O)/C=C/c1ccc(C)cc1. The number of benzene rings is 1. The Bertz CT molecular complexity index is 603. The van der Waals surface area contributed by atoms with Crippen molar-refractivity contribution in [3.63, 3.8) is 0 Å². The average molecular weight is 372 g/mol. The highest BCUT2D eigenvalue weighted by Crippen LogP contribution is 2.43. The first kappa shape index (κ1) is 19.5. The largest absolute Gasteiger partial charge is 0.338 e. The third kappa shape index (κ3) is 5.39. The Morgan fingerprint density at radius 3 is 2.54 bits per heavy atom. The van der Waals surface area contributed by atoms with E-state index in [4.69, 9.17) is 0 Å². The van der Waals surface area contributed by atoms with Crippen LogP contribution in [-0.4, -0.2) is 34.4 Å². The zero-order chi connectivity index (χ0) is 18.4. The van der Waals surface area contributed by atoms with Crippen LogP contribution in [0.15, 0.2) is 30.3 Å². The van der Waals surface area contributed by atoms with Crippen molar-refractivity contribution in [3.05, 3.63) is 41.5 Å². The minimum absolute atomic E-state index is 0.148. The molecular formula is C23H33NOS. The second-order valence-electron chi connectivity index (χ2n) is 7.89. The van der Waals surface area contributed by atoms with E-state index in [1.807, 2.05) is 11.0 Å².